The van der Waals surface area contributed by atoms with Gasteiger partial charge in [-0.1, -0.05) is 30.3 Å². The van der Waals surface area contributed by atoms with Gasteiger partial charge in [0.1, 0.15) is 12.6 Å². The third-order valence-electron chi connectivity index (χ3n) is 2.95. The van der Waals surface area contributed by atoms with Crippen molar-refractivity contribution in [3.05, 3.63) is 58.0 Å². The summed E-state index contributed by atoms with van der Waals surface area (Å²) in [7, 11) is 0. The number of H-pyrrole nitrogens is 2. The lowest BCUT2D eigenvalue weighted by atomic mass is 10.1. The molecule has 0 spiro atoms. The van der Waals surface area contributed by atoms with Crippen molar-refractivity contribution in [2.24, 2.45) is 0 Å². The van der Waals surface area contributed by atoms with E-state index in [1.807, 2.05) is 6.07 Å². The van der Waals surface area contributed by atoms with E-state index < -0.39 is 23.7 Å². The Balaban J connectivity index is 1.90. The fraction of sp³-hybridized carbons (Fsp3) is 0.214. The Bertz CT molecular complexity index is 692. The molecule has 2 rings (SSSR count). The number of rotatable bonds is 6. The molecule has 1 amide bonds. The van der Waals surface area contributed by atoms with Crippen LogP contribution < -0.4 is 10.9 Å². The van der Waals surface area contributed by atoms with E-state index >= 15 is 0 Å². The predicted molar refractivity (Wildman–Crippen MR) is 76.3 cm³/mol. The average molecular weight is 305 g/mol. The van der Waals surface area contributed by atoms with Gasteiger partial charge >= 0.3 is 12.1 Å². The van der Waals surface area contributed by atoms with Crippen LogP contribution in [0.1, 0.15) is 11.1 Å². The zero-order valence-corrected chi connectivity index (χ0v) is 11.5. The number of carbonyl (C=O) groups is 2. The number of nitrogens with one attached hydrogen (secondary N) is 3. The van der Waals surface area contributed by atoms with Crippen LogP contribution in [0.15, 0.2) is 41.3 Å². The zero-order valence-electron chi connectivity index (χ0n) is 11.5. The highest BCUT2D eigenvalue weighted by molar-refractivity contribution is 5.80. The molecule has 0 saturated carbocycles. The second-order valence-corrected chi connectivity index (χ2v) is 4.57. The fourth-order valence-corrected chi connectivity index (χ4v) is 1.81. The first-order chi connectivity index (χ1) is 10.6. The number of hydrogen-bond donors (Lipinski definition) is 4. The summed E-state index contributed by atoms with van der Waals surface area (Å²) in [5.74, 6) is -1.25. The molecule has 116 valence electrons. The van der Waals surface area contributed by atoms with E-state index in [1.165, 1.54) is 6.20 Å². The number of carbonyl (C=O) groups excluding carboxylic acids is 1. The second-order valence-electron chi connectivity index (χ2n) is 4.57. The molecular formula is C14H15N3O5. The summed E-state index contributed by atoms with van der Waals surface area (Å²) in [4.78, 5) is 34.2. The topological polar surface area (TPSA) is 124 Å². The minimum absolute atomic E-state index is 0.0315. The molecule has 4 N–H and O–H groups in total. The number of aromatic amines is 2. The molecule has 2 aromatic rings. The van der Waals surface area contributed by atoms with Crippen LogP contribution in [0, 0.1) is 0 Å². The van der Waals surface area contributed by atoms with Gasteiger partial charge in [0.05, 0.1) is 0 Å². The number of benzene rings is 1. The van der Waals surface area contributed by atoms with E-state index in [-0.39, 0.29) is 18.6 Å². The molecule has 8 heteroatoms. The molecule has 0 aliphatic carbocycles. The molecule has 0 radical (unpaired) electrons. The predicted octanol–water partition coefficient (Wildman–Crippen LogP) is 0.625. The summed E-state index contributed by atoms with van der Waals surface area (Å²) < 4.78 is 4.95. The standard InChI is InChI=1S/C14H15N3O5/c18-12-10(7-15-17-12)6-11(13(19)20)16-14(21)22-8-9-4-2-1-3-5-9/h1-5,7,11H,6,8H2,(H,16,21)(H,19,20)(H2,15,17,18)/t11-/m0/s1. The molecule has 0 bridgehead atoms. The van der Waals surface area contributed by atoms with Crippen molar-refractivity contribution < 1.29 is 19.4 Å². The van der Waals surface area contributed by atoms with Crippen LogP contribution in [0.2, 0.25) is 0 Å². The molecule has 8 nitrogen and oxygen atoms in total. The summed E-state index contributed by atoms with van der Waals surface area (Å²) in [5, 5.41) is 16.1. The van der Waals surface area contributed by atoms with E-state index in [1.54, 1.807) is 24.3 Å². The normalized spacial score (nSPS) is 11.6. The van der Waals surface area contributed by atoms with Crippen LogP contribution in [0.25, 0.3) is 0 Å². The Morgan fingerprint density at radius 2 is 2.00 bits per heavy atom. The van der Waals surface area contributed by atoms with Crippen molar-refractivity contribution in [2.75, 3.05) is 0 Å². The third kappa shape index (κ3) is 4.23. The zero-order chi connectivity index (χ0) is 15.9. The summed E-state index contributed by atoms with van der Waals surface area (Å²) in [6.45, 7) is 0.0315. The number of carboxylic acids is 1. The Morgan fingerprint density at radius 1 is 1.27 bits per heavy atom. The maximum absolute atomic E-state index is 11.7. The van der Waals surface area contributed by atoms with Crippen molar-refractivity contribution in [1.82, 2.24) is 15.5 Å². The Kier molecular flexibility index (Phi) is 4.97. The highest BCUT2D eigenvalue weighted by atomic mass is 16.5. The van der Waals surface area contributed by atoms with Crippen molar-refractivity contribution in [2.45, 2.75) is 19.1 Å². The van der Waals surface area contributed by atoms with Crippen LogP contribution in [0.4, 0.5) is 4.79 Å². The summed E-state index contributed by atoms with van der Waals surface area (Å²) >= 11 is 0. The third-order valence-corrected chi connectivity index (χ3v) is 2.95. The number of ether oxygens (including phenoxy) is 1. The molecule has 1 atom stereocenters. The van der Waals surface area contributed by atoms with Crippen molar-refractivity contribution in [1.29, 1.82) is 0 Å². The molecule has 1 heterocycles. The van der Waals surface area contributed by atoms with Gasteiger partial charge in [-0.2, -0.15) is 0 Å². The summed E-state index contributed by atoms with van der Waals surface area (Å²) in [6.07, 6.45) is 0.354. The van der Waals surface area contributed by atoms with Crippen molar-refractivity contribution >= 4 is 12.1 Å². The number of alkyl carbamates (subject to hydrolysis) is 1. The lowest BCUT2D eigenvalue weighted by molar-refractivity contribution is -0.139. The first kappa shape index (κ1) is 15.4. The Morgan fingerprint density at radius 3 is 2.59 bits per heavy atom. The first-order valence-electron chi connectivity index (χ1n) is 6.51. The van der Waals surface area contributed by atoms with E-state index in [0.29, 0.717) is 0 Å². The van der Waals surface area contributed by atoms with Crippen molar-refractivity contribution in [3.8, 4) is 0 Å². The van der Waals surface area contributed by atoms with E-state index in [0.717, 1.165) is 5.56 Å². The summed E-state index contributed by atoms with van der Waals surface area (Å²) in [6, 6.07) is 7.74. The van der Waals surface area contributed by atoms with Crippen LogP contribution in [-0.4, -0.2) is 33.4 Å². The van der Waals surface area contributed by atoms with Crippen LogP contribution in [-0.2, 0) is 22.6 Å². The lowest BCUT2D eigenvalue weighted by Gasteiger charge is -2.13. The highest BCUT2D eigenvalue weighted by Gasteiger charge is 2.22. The van der Waals surface area contributed by atoms with Crippen molar-refractivity contribution in [3.63, 3.8) is 0 Å². The molecule has 1 aromatic carbocycles. The molecule has 0 saturated heterocycles. The molecular weight excluding hydrogens is 290 g/mol. The quantitative estimate of drug-likeness (QED) is 0.623. The SMILES string of the molecule is O=C(N[C@@H](Cc1c[nH][nH]c1=O)C(=O)O)OCc1ccccc1. The van der Waals surface area contributed by atoms with Gasteiger partial charge < -0.3 is 20.3 Å². The van der Waals surface area contributed by atoms with Crippen LogP contribution in [0.3, 0.4) is 0 Å². The largest absolute Gasteiger partial charge is 0.480 e. The smallest absolute Gasteiger partial charge is 0.408 e. The fourth-order valence-electron chi connectivity index (χ4n) is 1.81. The van der Waals surface area contributed by atoms with Gasteiger partial charge in [0.25, 0.3) is 5.56 Å². The van der Waals surface area contributed by atoms with Gasteiger partial charge in [-0.15, -0.1) is 0 Å². The molecule has 22 heavy (non-hydrogen) atoms. The maximum atomic E-state index is 11.7. The minimum Gasteiger partial charge on any atom is -0.480 e. The van der Waals surface area contributed by atoms with Gasteiger partial charge in [-0.05, 0) is 5.56 Å². The molecule has 1 aromatic heterocycles. The first-order valence-corrected chi connectivity index (χ1v) is 6.51. The van der Waals surface area contributed by atoms with E-state index in [9.17, 15) is 14.4 Å². The monoisotopic (exact) mass is 305 g/mol. The van der Waals surface area contributed by atoms with Gasteiger partial charge in [-0.3, -0.25) is 9.89 Å². The lowest BCUT2D eigenvalue weighted by Crippen LogP contribution is -2.43. The second kappa shape index (κ2) is 7.11. The van der Waals surface area contributed by atoms with Crippen LogP contribution >= 0.6 is 0 Å². The molecule has 0 aliphatic heterocycles. The minimum atomic E-state index is -1.25. The molecule has 0 aliphatic rings. The van der Waals surface area contributed by atoms with Gasteiger partial charge in [0.15, 0.2) is 0 Å². The number of amides is 1. The number of aromatic nitrogens is 2. The van der Waals surface area contributed by atoms with E-state index in [2.05, 4.69) is 15.5 Å². The summed E-state index contributed by atoms with van der Waals surface area (Å²) in [5.41, 5.74) is 0.591. The Hall–Kier alpha value is -3.03. The number of carboxylic acid groups (broad SMARTS) is 1. The molecule has 0 fully saturated rings. The van der Waals surface area contributed by atoms with Gasteiger partial charge in [0, 0.05) is 18.2 Å². The highest BCUT2D eigenvalue weighted by Crippen LogP contribution is 2.02. The molecule has 0 unspecified atom stereocenters. The number of hydrogen-bond acceptors (Lipinski definition) is 4. The Labute approximate surface area is 125 Å². The van der Waals surface area contributed by atoms with Gasteiger partial charge in [0.2, 0.25) is 0 Å². The van der Waals surface area contributed by atoms with Crippen LogP contribution in [0.5, 0.6) is 0 Å². The number of aliphatic carboxylic acids is 1. The maximum Gasteiger partial charge on any atom is 0.408 e. The van der Waals surface area contributed by atoms with Gasteiger partial charge in [-0.25, -0.2) is 9.59 Å². The average Bonchev–Trinajstić information content (AvgIpc) is 2.91. The van der Waals surface area contributed by atoms with E-state index in [4.69, 9.17) is 9.84 Å².